The second-order valence-corrected chi connectivity index (χ2v) is 5.34. The molecule has 0 aromatic carbocycles. The minimum atomic E-state index is -0.568. The zero-order chi connectivity index (χ0) is 11.5. The van der Waals surface area contributed by atoms with E-state index in [4.69, 9.17) is 9.47 Å². The first-order chi connectivity index (χ1) is 7.52. The summed E-state index contributed by atoms with van der Waals surface area (Å²) in [4.78, 5) is 11.0. The summed E-state index contributed by atoms with van der Waals surface area (Å²) < 4.78 is 11.6. The van der Waals surface area contributed by atoms with E-state index in [1.54, 1.807) is 6.08 Å². The molecule has 0 aromatic rings. The number of rotatable bonds is 1. The molecule has 0 bridgehead atoms. The van der Waals surface area contributed by atoms with Crippen LogP contribution in [0.3, 0.4) is 0 Å². The van der Waals surface area contributed by atoms with Crippen LogP contribution in [0, 0.1) is 11.8 Å². The van der Waals surface area contributed by atoms with Gasteiger partial charge in [-0.05, 0) is 31.9 Å². The van der Waals surface area contributed by atoms with E-state index in [1.165, 1.54) is 0 Å². The van der Waals surface area contributed by atoms with Gasteiger partial charge in [0.15, 0.2) is 5.79 Å². The Kier molecular flexibility index (Phi) is 2.06. The molecule has 1 saturated carbocycles. The molecular weight excluding hydrogens is 208 g/mol. The maximum Gasteiger partial charge on any atom is 0.163 e. The second kappa shape index (κ2) is 3.15. The van der Waals surface area contributed by atoms with Crippen LogP contribution in [0.15, 0.2) is 11.6 Å². The number of ether oxygens (including phenoxy) is 2. The molecule has 0 spiro atoms. The van der Waals surface area contributed by atoms with Crippen molar-refractivity contribution in [1.29, 1.82) is 0 Å². The summed E-state index contributed by atoms with van der Waals surface area (Å²) >= 11 is 0. The number of aldehydes is 1. The van der Waals surface area contributed by atoms with Crippen LogP contribution in [-0.4, -0.2) is 35.5 Å². The Morgan fingerprint density at radius 1 is 1.50 bits per heavy atom. The molecule has 16 heavy (non-hydrogen) atoms. The molecule has 2 aliphatic carbocycles. The first kappa shape index (κ1) is 10.4. The molecule has 1 saturated heterocycles. The number of fused-ring (bicyclic) bond motifs is 3. The predicted molar refractivity (Wildman–Crippen MR) is 55.6 cm³/mol. The number of aliphatic hydroxyl groups excluding tert-OH is 1. The molecule has 1 unspecified atom stereocenters. The zero-order valence-corrected chi connectivity index (χ0v) is 9.42. The quantitative estimate of drug-likeness (QED) is 0.664. The van der Waals surface area contributed by atoms with Crippen molar-refractivity contribution in [2.75, 3.05) is 0 Å². The number of carbonyl (C=O) groups excluding carboxylic acids is 1. The summed E-state index contributed by atoms with van der Waals surface area (Å²) in [5.41, 5.74) is 0.673. The Bertz CT molecular complexity index is 360. The Balaban J connectivity index is 1.90. The number of carbonyl (C=O) groups is 1. The minimum absolute atomic E-state index is 0.0132. The molecule has 0 radical (unpaired) electrons. The SMILES string of the molecule is CC1(C)O[C@H]2[C@@H]3C(C=O)=CC(O)[C@@H]3C[C@H]2O1. The van der Waals surface area contributed by atoms with Gasteiger partial charge in [0.05, 0.1) is 18.3 Å². The molecule has 0 aromatic heterocycles. The van der Waals surface area contributed by atoms with Crippen molar-refractivity contribution in [3.63, 3.8) is 0 Å². The van der Waals surface area contributed by atoms with Crippen LogP contribution in [0.5, 0.6) is 0 Å². The molecule has 1 N–H and O–H groups in total. The molecule has 4 heteroatoms. The molecule has 5 atom stereocenters. The fourth-order valence-corrected chi connectivity index (χ4v) is 3.35. The maximum absolute atomic E-state index is 11.0. The largest absolute Gasteiger partial charge is 0.389 e. The topological polar surface area (TPSA) is 55.8 Å². The van der Waals surface area contributed by atoms with Gasteiger partial charge in [0.2, 0.25) is 0 Å². The van der Waals surface area contributed by atoms with Crippen LogP contribution < -0.4 is 0 Å². The van der Waals surface area contributed by atoms with E-state index in [2.05, 4.69) is 0 Å². The van der Waals surface area contributed by atoms with Crippen molar-refractivity contribution in [3.8, 4) is 0 Å². The highest BCUT2D eigenvalue weighted by Crippen LogP contribution is 2.51. The predicted octanol–water partition coefficient (Wildman–Crippen LogP) is 0.642. The average Bonchev–Trinajstić information content (AvgIpc) is 2.75. The highest BCUT2D eigenvalue weighted by atomic mass is 16.8. The van der Waals surface area contributed by atoms with E-state index in [0.29, 0.717) is 5.57 Å². The van der Waals surface area contributed by atoms with E-state index in [9.17, 15) is 9.90 Å². The molecule has 4 nitrogen and oxygen atoms in total. The van der Waals surface area contributed by atoms with E-state index in [0.717, 1.165) is 12.7 Å². The summed E-state index contributed by atoms with van der Waals surface area (Å²) in [6.45, 7) is 3.77. The molecule has 1 aliphatic heterocycles. The first-order valence-electron chi connectivity index (χ1n) is 5.72. The van der Waals surface area contributed by atoms with E-state index < -0.39 is 11.9 Å². The number of hydrogen-bond donors (Lipinski definition) is 1. The number of hydrogen-bond acceptors (Lipinski definition) is 4. The molecule has 2 fully saturated rings. The van der Waals surface area contributed by atoms with Crippen LogP contribution in [0.25, 0.3) is 0 Å². The molecule has 3 rings (SSSR count). The van der Waals surface area contributed by atoms with Crippen molar-refractivity contribution in [3.05, 3.63) is 11.6 Å². The van der Waals surface area contributed by atoms with Gasteiger partial charge >= 0.3 is 0 Å². The molecule has 0 amide bonds. The normalized spacial score (nSPS) is 48.7. The fourth-order valence-electron chi connectivity index (χ4n) is 3.35. The zero-order valence-electron chi connectivity index (χ0n) is 9.42. The summed E-state index contributed by atoms with van der Waals surface area (Å²) in [5, 5.41) is 9.84. The van der Waals surface area contributed by atoms with Crippen molar-refractivity contribution in [1.82, 2.24) is 0 Å². The summed E-state index contributed by atoms with van der Waals surface area (Å²) in [6.07, 6.45) is 2.69. The highest BCUT2D eigenvalue weighted by molar-refractivity contribution is 5.76. The van der Waals surface area contributed by atoms with E-state index >= 15 is 0 Å². The van der Waals surface area contributed by atoms with Gasteiger partial charge in [-0.2, -0.15) is 0 Å². The summed E-state index contributed by atoms with van der Waals surface area (Å²) in [7, 11) is 0. The fraction of sp³-hybridized carbons (Fsp3) is 0.750. The van der Waals surface area contributed by atoms with Gasteiger partial charge in [-0.3, -0.25) is 4.79 Å². The Morgan fingerprint density at radius 3 is 2.94 bits per heavy atom. The van der Waals surface area contributed by atoms with Gasteiger partial charge in [0.25, 0.3) is 0 Å². The third-order valence-electron chi connectivity index (χ3n) is 3.86. The van der Waals surface area contributed by atoms with Crippen LogP contribution in [0.1, 0.15) is 20.3 Å². The van der Waals surface area contributed by atoms with Crippen LogP contribution in [-0.2, 0) is 14.3 Å². The van der Waals surface area contributed by atoms with Crippen molar-refractivity contribution < 1.29 is 19.4 Å². The molecule has 3 aliphatic rings. The van der Waals surface area contributed by atoms with E-state index in [1.807, 2.05) is 13.8 Å². The van der Waals surface area contributed by atoms with Gasteiger partial charge in [-0.25, -0.2) is 0 Å². The Morgan fingerprint density at radius 2 is 2.25 bits per heavy atom. The van der Waals surface area contributed by atoms with Crippen LogP contribution >= 0.6 is 0 Å². The highest BCUT2D eigenvalue weighted by Gasteiger charge is 2.57. The van der Waals surface area contributed by atoms with Crippen molar-refractivity contribution in [2.24, 2.45) is 11.8 Å². The van der Waals surface area contributed by atoms with Gasteiger partial charge in [-0.15, -0.1) is 0 Å². The smallest absolute Gasteiger partial charge is 0.163 e. The lowest BCUT2D eigenvalue weighted by molar-refractivity contribution is -0.159. The third kappa shape index (κ3) is 1.30. The summed E-state index contributed by atoms with van der Waals surface area (Å²) in [6, 6.07) is 0. The Labute approximate surface area is 94.2 Å². The molecule has 88 valence electrons. The van der Waals surface area contributed by atoms with Crippen molar-refractivity contribution in [2.45, 2.75) is 44.4 Å². The third-order valence-corrected chi connectivity index (χ3v) is 3.86. The second-order valence-electron chi connectivity index (χ2n) is 5.34. The van der Waals surface area contributed by atoms with Gasteiger partial charge in [0.1, 0.15) is 6.29 Å². The van der Waals surface area contributed by atoms with Crippen LogP contribution in [0.4, 0.5) is 0 Å². The lowest BCUT2D eigenvalue weighted by Crippen LogP contribution is -2.29. The standard InChI is InChI=1S/C12H16O4/c1-12(2)15-9-4-7-8(14)3-6(5-13)10(7)11(9)16-12/h3,5,7-11,14H,4H2,1-2H3/t7-,8?,9+,10+,11+/m0/s1. The minimum Gasteiger partial charge on any atom is -0.389 e. The first-order valence-corrected chi connectivity index (χ1v) is 5.72. The lowest BCUT2D eigenvalue weighted by atomic mass is 9.93. The van der Waals surface area contributed by atoms with Crippen molar-refractivity contribution >= 4 is 6.29 Å². The van der Waals surface area contributed by atoms with Crippen LogP contribution in [0.2, 0.25) is 0 Å². The van der Waals surface area contributed by atoms with Gasteiger partial charge in [-0.1, -0.05) is 0 Å². The lowest BCUT2D eigenvalue weighted by Gasteiger charge is -2.23. The maximum atomic E-state index is 11.0. The van der Waals surface area contributed by atoms with E-state index in [-0.39, 0.29) is 24.0 Å². The van der Waals surface area contributed by atoms with Gasteiger partial charge in [0, 0.05) is 11.8 Å². The van der Waals surface area contributed by atoms with Gasteiger partial charge < -0.3 is 14.6 Å². The molecule has 1 heterocycles. The summed E-state index contributed by atoms with van der Waals surface area (Å²) in [5.74, 6) is -0.465. The average molecular weight is 224 g/mol. The molecular formula is C12H16O4. The number of aliphatic hydroxyl groups is 1. The Hall–Kier alpha value is -0.710. The monoisotopic (exact) mass is 224 g/mol.